The molecule has 18 heavy (non-hydrogen) atoms. The van der Waals surface area contributed by atoms with Gasteiger partial charge < -0.3 is 10.1 Å². The number of halogens is 1. The van der Waals surface area contributed by atoms with E-state index in [0.29, 0.717) is 5.41 Å². The Bertz CT molecular complexity index is 269. The van der Waals surface area contributed by atoms with E-state index in [-0.39, 0.29) is 24.4 Å². The number of nitrogens with one attached hydrogen (secondary N) is 2. The second-order valence-corrected chi connectivity index (χ2v) is 6.12. The SMILES string of the molecule is COCCC1(CNC(=O)C2CSCN2)CCC1.Cl. The number of carbonyl (C=O) groups is 1. The van der Waals surface area contributed by atoms with Crippen molar-refractivity contribution in [1.82, 2.24) is 10.6 Å². The third kappa shape index (κ3) is 4.02. The summed E-state index contributed by atoms with van der Waals surface area (Å²) in [5, 5.41) is 6.30. The maximum absolute atomic E-state index is 11.9. The van der Waals surface area contributed by atoms with E-state index in [0.717, 1.165) is 31.2 Å². The summed E-state index contributed by atoms with van der Waals surface area (Å²) in [6.45, 7) is 1.62. The quantitative estimate of drug-likeness (QED) is 0.777. The van der Waals surface area contributed by atoms with E-state index in [4.69, 9.17) is 4.74 Å². The minimum absolute atomic E-state index is 0. The second-order valence-electron chi connectivity index (χ2n) is 5.09. The average molecular weight is 295 g/mol. The van der Waals surface area contributed by atoms with Crippen LogP contribution in [0, 0.1) is 5.41 Å². The topological polar surface area (TPSA) is 50.4 Å². The lowest BCUT2D eigenvalue weighted by atomic mass is 9.66. The first-order valence-electron chi connectivity index (χ1n) is 6.34. The molecule has 1 amide bonds. The number of ether oxygens (including phenoxy) is 1. The van der Waals surface area contributed by atoms with Gasteiger partial charge in [0, 0.05) is 31.9 Å². The molecule has 2 rings (SSSR count). The molecule has 2 N–H and O–H groups in total. The zero-order valence-corrected chi connectivity index (χ0v) is 12.5. The molecule has 4 nitrogen and oxygen atoms in total. The Morgan fingerprint density at radius 3 is 2.83 bits per heavy atom. The highest BCUT2D eigenvalue weighted by molar-refractivity contribution is 7.99. The molecule has 0 aromatic carbocycles. The van der Waals surface area contributed by atoms with E-state index >= 15 is 0 Å². The number of amides is 1. The fourth-order valence-electron chi connectivity index (χ4n) is 2.47. The van der Waals surface area contributed by atoms with Crippen LogP contribution in [-0.2, 0) is 9.53 Å². The van der Waals surface area contributed by atoms with E-state index in [2.05, 4.69) is 10.6 Å². The van der Waals surface area contributed by atoms with Gasteiger partial charge in [-0.1, -0.05) is 6.42 Å². The summed E-state index contributed by atoms with van der Waals surface area (Å²) in [6.07, 6.45) is 4.81. The van der Waals surface area contributed by atoms with E-state index < -0.39 is 0 Å². The molecular formula is C12H23ClN2O2S. The molecule has 1 saturated carbocycles. The molecule has 1 heterocycles. The highest BCUT2D eigenvalue weighted by Crippen LogP contribution is 2.43. The molecular weight excluding hydrogens is 272 g/mol. The van der Waals surface area contributed by atoms with Gasteiger partial charge in [0.2, 0.25) is 5.91 Å². The first-order valence-corrected chi connectivity index (χ1v) is 7.49. The van der Waals surface area contributed by atoms with Gasteiger partial charge in [0.15, 0.2) is 0 Å². The fourth-order valence-corrected chi connectivity index (χ4v) is 3.41. The van der Waals surface area contributed by atoms with Crippen molar-refractivity contribution in [2.75, 3.05) is 31.9 Å². The van der Waals surface area contributed by atoms with Crippen molar-refractivity contribution < 1.29 is 9.53 Å². The monoisotopic (exact) mass is 294 g/mol. The Hall–Kier alpha value is 0.0300. The lowest BCUT2D eigenvalue weighted by molar-refractivity contribution is -0.123. The molecule has 1 atom stereocenters. The van der Waals surface area contributed by atoms with E-state index in [1.807, 2.05) is 0 Å². The zero-order valence-electron chi connectivity index (χ0n) is 10.9. The third-order valence-electron chi connectivity index (χ3n) is 3.92. The number of methoxy groups -OCH3 is 1. The lowest BCUT2D eigenvalue weighted by Crippen LogP contribution is -2.48. The van der Waals surface area contributed by atoms with Gasteiger partial charge in [0.1, 0.15) is 0 Å². The number of carbonyl (C=O) groups excluding carboxylic acids is 1. The largest absolute Gasteiger partial charge is 0.385 e. The predicted molar refractivity (Wildman–Crippen MR) is 77.3 cm³/mol. The van der Waals surface area contributed by atoms with Gasteiger partial charge in [0.05, 0.1) is 6.04 Å². The van der Waals surface area contributed by atoms with Gasteiger partial charge in [0.25, 0.3) is 0 Å². The molecule has 1 aliphatic heterocycles. The van der Waals surface area contributed by atoms with Crippen LogP contribution in [-0.4, -0.2) is 43.8 Å². The van der Waals surface area contributed by atoms with Crippen LogP contribution in [0.25, 0.3) is 0 Å². The van der Waals surface area contributed by atoms with Gasteiger partial charge in [-0.15, -0.1) is 24.2 Å². The maximum atomic E-state index is 11.9. The molecule has 0 bridgehead atoms. The molecule has 2 aliphatic rings. The minimum atomic E-state index is 0. The normalized spacial score (nSPS) is 25.1. The van der Waals surface area contributed by atoms with Crippen molar-refractivity contribution in [1.29, 1.82) is 0 Å². The molecule has 1 saturated heterocycles. The Balaban J connectivity index is 0.00000162. The van der Waals surface area contributed by atoms with Gasteiger partial charge in [-0.25, -0.2) is 0 Å². The number of hydrogen-bond donors (Lipinski definition) is 2. The van der Waals surface area contributed by atoms with E-state index in [1.54, 1.807) is 18.9 Å². The Morgan fingerprint density at radius 2 is 2.33 bits per heavy atom. The first kappa shape index (κ1) is 16.1. The first-order chi connectivity index (χ1) is 8.26. The Labute approximate surface area is 119 Å². The molecule has 0 aromatic rings. The third-order valence-corrected chi connectivity index (χ3v) is 4.86. The zero-order chi connectivity index (χ0) is 12.1. The van der Waals surface area contributed by atoms with Crippen molar-refractivity contribution in [3.05, 3.63) is 0 Å². The van der Waals surface area contributed by atoms with Crippen LogP contribution < -0.4 is 10.6 Å². The Kier molecular flexibility index (Phi) is 6.77. The van der Waals surface area contributed by atoms with Gasteiger partial charge >= 0.3 is 0 Å². The summed E-state index contributed by atoms with van der Waals surface area (Å²) in [4.78, 5) is 11.9. The summed E-state index contributed by atoms with van der Waals surface area (Å²) >= 11 is 1.79. The van der Waals surface area contributed by atoms with Crippen molar-refractivity contribution in [2.24, 2.45) is 5.41 Å². The van der Waals surface area contributed by atoms with Crippen LogP contribution >= 0.6 is 24.2 Å². The van der Waals surface area contributed by atoms with Crippen molar-refractivity contribution >= 4 is 30.1 Å². The number of thioether (sulfide) groups is 1. The lowest BCUT2D eigenvalue weighted by Gasteiger charge is -2.42. The standard InChI is InChI=1S/C12H22N2O2S.ClH/c1-16-6-5-12(3-2-4-12)8-13-11(15)10-7-17-9-14-10;/h10,14H,2-9H2,1H3,(H,13,15);1H. The van der Waals surface area contributed by atoms with Gasteiger partial charge in [-0.05, 0) is 24.7 Å². The average Bonchev–Trinajstić information content (AvgIpc) is 2.80. The minimum Gasteiger partial charge on any atom is -0.385 e. The second kappa shape index (κ2) is 7.58. The van der Waals surface area contributed by atoms with Crippen LogP contribution in [0.15, 0.2) is 0 Å². The highest BCUT2D eigenvalue weighted by atomic mass is 35.5. The van der Waals surface area contributed by atoms with E-state index in [9.17, 15) is 4.79 Å². The highest BCUT2D eigenvalue weighted by Gasteiger charge is 2.37. The Morgan fingerprint density at radius 1 is 1.56 bits per heavy atom. The van der Waals surface area contributed by atoms with Crippen molar-refractivity contribution in [3.63, 3.8) is 0 Å². The summed E-state index contributed by atoms with van der Waals surface area (Å²) in [7, 11) is 1.74. The van der Waals surface area contributed by atoms with Crippen molar-refractivity contribution in [2.45, 2.75) is 31.7 Å². The summed E-state index contributed by atoms with van der Waals surface area (Å²) < 4.78 is 5.15. The molecule has 106 valence electrons. The van der Waals surface area contributed by atoms with Crippen molar-refractivity contribution in [3.8, 4) is 0 Å². The predicted octanol–water partition coefficient (Wildman–Crippen LogP) is 1.39. The number of rotatable bonds is 6. The molecule has 0 aromatic heterocycles. The van der Waals surface area contributed by atoms with Crippen LogP contribution in [0.4, 0.5) is 0 Å². The summed E-state index contributed by atoms with van der Waals surface area (Å²) in [5.41, 5.74) is 0.317. The van der Waals surface area contributed by atoms with Crippen LogP contribution in [0.3, 0.4) is 0 Å². The smallest absolute Gasteiger partial charge is 0.238 e. The molecule has 0 spiro atoms. The van der Waals surface area contributed by atoms with Crippen LogP contribution in [0.1, 0.15) is 25.7 Å². The van der Waals surface area contributed by atoms with Gasteiger partial charge in [-0.3, -0.25) is 10.1 Å². The number of hydrogen-bond acceptors (Lipinski definition) is 4. The molecule has 2 fully saturated rings. The molecule has 1 unspecified atom stereocenters. The molecule has 6 heteroatoms. The van der Waals surface area contributed by atoms with E-state index in [1.165, 1.54) is 19.3 Å². The van der Waals surface area contributed by atoms with Gasteiger partial charge in [-0.2, -0.15) is 0 Å². The maximum Gasteiger partial charge on any atom is 0.238 e. The van der Waals surface area contributed by atoms with Crippen LogP contribution in [0.2, 0.25) is 0 Å². The molecule has 1 aliphatic carbocycles. The fraction of sp³-hybridized carbons (Fsp3) is 0.917. The summed E-state index contributed by atoms with van der Waals surface area (Å²) in [6, 6.07) is 0.0135. The molecule has 0 radical (unpaired) electrons. The summed E-state index contributed by atoms with van der Waals surface area (Å²) in [5.74, 6) is 1.96. The van der Waals surface area contributed by atoms with Crippen LogP contribution in [0.5, 0.6) is 0 Å².